The third-order valence-electron chi connectivity index (χ3n) is 7.70. The predicted octanol–water partition coefficient (Wildman–Crippen LogP) is 5.94. The van der Waals surface area contributed by atoms with Crippen LogP contribution >= 0.6 is 0 Å². The molecule has 0 aliphatic heterocycles. The van der Waals surface area contributed by atoms with Crippen molar-refractivity contribution in [3.05, 3.63) is 78.9 Å². The smallest absolute Gasteiger partial charge is 0.116 e. The first-order valence-electron chi connectivity index (χ1n) is 13.3. The van der Waals surface area contributed by atoms with Gasteiger partial charge in [-0.3, -0.25) is 15.1 Å². The van der Waals surface area contributed by atoms with Gasteiger partial charge in [0, 0.05) is 41.5 Å². The maximum absolute atomic E-state index is 4.68. The fourth-order valence-corrected chi connectivity index (χ4v) is 5.70. The van der Waals surface area contributed by atoms with E-state index in [-0.39, 0.29) is 0 Å². The van der Waals surface area contributed by atoms with Crippen LogP contribution in [-0.2, 0) is 6.54 Å². The van der Waals surface area contributed by atoms with Crippen LogP contribution in [0.4, 0.5) is 0 Å². The van der Waals surface area contributed by atoms with Crippen molar-refractivity contribution in [3.63, 3.8) is 0 Å². The van der Waals surface area contributed by atoms with E-state index in [2.05, 4.69) is 65.8 Å². The molecule has 8 nitrogen and oxygen atoms in total. The van der Waals surface area contributed by atoms with E-state index in [1.54, 1.807) is 0 Å². The number of aryl methyl sites for hydroxylation is 1. The summed E-state index contributed by atoms with van der Waals surface area (Å²) in [5.41, 5.74) is 9.16. The predicted molar refractivity (Wildman–Crippen MR) is 150 cm³/mol. The summed E-state index contributed by atoms with van der Waals surface area (Å²) in [4.78, 5) is 16.9. The molecule has 1 aromatic carbocycles. The van der Waals surface area contributed by atoms with Crippen molar-refractivity contribution in [2.24, 2.45) is 5.92 Å². The number of hydrogen-bond acceptors (Lipinski definition) is 5. The van der Waals surface area contributed by atoms with Crippen LogP contribution in [0.3, 0.4) is 0 Å². The molecule has 190 valence electrons. The lowest BCUT2D eigenvalue weighted by molar-refractivity contribution is 0.489. The Morgan fingerprint density at radius 2 is 1.84 bits per heavy atom. The molecule has 8 heteroatoms. The van der Waals surface area contributed by atoms with E-state index in [0.717, 1.165) is 74.7 Å². The van der Waals surface area contributed by atoms with Gasteiger partial charge in [0.25, 0.3) is 0 Å². The molecule has 38 heavy (non-hydrogen) atoms. The SMILES string of the molecule is Cc1cn(-c2cncc3[nH]c(-c4n[nH]c5ccc(-c6cncc(CNCC7CCCC7)c6)cc45)cc23)cn1. The maximum Gasteiger partial charge on any atom is 0.116 e. The van der Waals surface area contributed by atoms with Gasteiger partial charge in [0.15, 0.2) is 0 Å². The van der Waals surface area contributed by atoms with E-state index in [1.807, 2.05) is 48.8 Å². The molecule has 6 aromatic rings. The third-order valence-corrected chi connectivity index (χ3v) is 7.70. The quantitative estimate of drug-likeness (QED) is 0.251. The normalized spacial score (nSPS) is 14.2. The first kappa shape index (κ1) is 22.9. The maximum atomic E-state index is 4.68. The van der Waals surface area contributed by atoms with E-state index >= 15 is 0 Å². The molecule has 1 fully saturated rings. The van der Waals surface area contributed by atoms with E-state index in [1.165, 1.54) is 31.2 Å². The van der Waals surface area contributed by atoms with Crippen molar-refractivity contribution < 1.29 is 0 Å². The summed E-state index contributed by atoms with van der Waals surface area (Å²) in [6.07, 6.45) is 16.9. The first-order chi connectivity index (χ1) is 18.7. The van der Waals surface area contributed by atoms with E-state index < -0.39 is 0 Å². The number of benzene rings is 1. The molecule has 0 radical (unpaired) electrons. The molecule has 1 aliphatic rings. The van der Waals surface area contributed by atoms with Gasteiger partial charge >= 0.3 is 0 Å². The Morgan fingerprint density at radius 1 is 0.947 bits per heavy atom. The lowest BCUT2D eigenvalue weighted by Gasteiger charge is -2.11. The molecular formula is C30H30N8. The van der Waals surface area contributed by atoms with Gasteiger partial charge < -0.3 is 14.9 Å². The topological polar surface area (TPSA) is 100 Å². The molecule has 0 spiro atoms. The van der Waals surface area contributed by atoms with Crippen LogP contribution in [0.15, 0.2) is 67.6 Å². The summed E-state index contributed by atoms with van der Waals surface area (Å²) in [5.74, 6) is 0.827. The highest BCUT2D eigenvalue weighted by atomic mass is 15.1. The molecule has 1 aliphatic carbocycles. The number of imidazole rings is 1. The summed E-state index contributed by atoms with van der Waals surface area (Å²) in [5, 5.41) is 13.6. The molecule has 0 unspecified atom stereocenters. The fourth-order valence-electron chi connectivity index (χ4n) is 5.70. The molecule has 0 saturated heterocycles. The molecular weight excluding hydrogens is 472 g/mol. The fraction of sp³-hybridized carbons (Fsp3) is 0.267. The molecule has 7 rings (SSSR count). The lowest BCUT2D eigenvalue weighted by atomic mass is 10.0. The average molecular weight is 503 g/mol. The van der Waals surface area contributed by atoms with Gasteiger partial charge in [-0.15, -0.1) is 0 Å². The number of hydrogen-bond donors (Lipinski definition) is 3. The largest absolute Gasteiger partial charge is 0.352 e. The number of nitrogens with one attached hydrogen (secondary N) is 3. The standard InChI is InChI=1S/C30H30N8/c1-19-17-38(18-34-19)29-16-33-15-28-24(29)10-27(35-28)30-25-9-22(6-7-26(25)36-37-30)23-8-21(13-32-14-23)12-31-11-20-4-2-3-5-20/h6-10,13-18,20,31,35H,2-5,11-12H2,1H3,(H,36,37). The Kier molecular flexibility index (Phi) is 5.74. The van der Waals surface area contributed by atoms with Crippen LogP contribution in [0.2, 0.25) is 0 Å². The zero-order valence-corrected chi connectivity index (χ0v) is 21.4. The highest BCUT2D eigenvalue weighted by Gasteiger charge is 2.16. The number of fused-ring (bicyclic) bond motifs is 2. The van der Waals surface area contributed by atoms with Crippen molar-refractivity contribution in [1.82, 2.24) is 40.0 Å². The monoisotopic (exact) mass is 502 g/mol. The number of nitrogens with zero attached hydrogens (tertiary/aromatic N) is 5. The van der Waals surface area contributed by atoms with Crippen molar-refractivity contribution in [2.75, 3.05) is 6.54 Å². The number of aromatic nitrogens is 7. The number of rotatable bonds is 7. The minimum atomic E-state index is 0.827. The molecule has 1 saturated carbocycles. The van der Waals surface area contributed by atoms with E-state index in [4.69, 9.17) is 0 Å². The van der Waals surface area contributed by atoms with Gasteiger partial charge in [0.2, 0.25) is 0 Å². The van der Waals surface area contributed by atoms with Gasteiger partial charge in [-0.1, -0.05) is 18.9 Å². The molecule has 0 bridgehead atoms. The zero-order valence-electron chi connectivity index (χ0n) is 21.4. The van der Waals surface area contributed by atoms with Crippen LogP contribution in [0, 0.1) is 12.8 Å². The Hall–Kier alpha value is -4.30. The minimum Gasteiger partial charge on any atom is -0.352 e. The summed E-state index contributed by atoms with van der Waals surface area (Å²) in [6, 6.07) is 10.8. The number of aromatic amines is 2. The highest BCUT2D eigenvalue weighted by Crippen LogP contribution is 2.33. The Labute approximate surface area is 220 Å². The molecule has 5 aromatic heterocycles. The van der Waals surface area contributed by atoms with Crippen LogP contribution in [0.1, 0.15) is 36.9 Å². The van der Waals surface area contributed by atoms with Gasteiger partial charge in [-0.05, 0) is 67.6 Å². The van der Waals surface area contributed by atoms with Crippen LogP contribution < -0.4 is 5.32 Å². The van der Waals surface area contributed by atoms with Gasteiger partial charge in [-0.2, -0.15) is 5.10 Å². The van der Waals surface area contributed by atoms with Crippen molar-refractivity contribution in [3.8, 4) is 28.2 Å². The number of H-pyrrole nitrogens is 2. The van der Waals surface area contributed by atoms with Crippen molar-refractivity contribution in [2.45, 2.75) is 39.2 Å². The molecule has 3 N–H and O–H groups in total. The van der Waals surface area contributed by atoms with Gasteiger partial charge in [0.1, 0.15) is 5.69 Å². The minimum absolute atomic E-state index is 0.827. The first-order valence-corrected chi connectivity index (χ1v) is 13.3. The van der Waals surface area contributed by atoms with Crippen LogP contribution in [-0.4, -0.2) is 41.2 Å². The van der Waals surface area contributed by atoms with E-state index in [9.17, 15) is 0 Å². The van der Waals surface area contributed by atoms with Crippen molar-refractivity contribution in [1.29, 1.82) is 0 Å². The second-order valence-corrected chi connectivity index (χ2v) is 10.4. The Morgan fingerprint density at radius 3 is 2.71 bits per heavy atom. The second kappa shape index (κ2) is 9.54. The average Bonchev–Trinajstić information content (AvgIpc) is 3.74. The third kappa shape index (κ3) is 4.26. The summed E-state index contributed by atoms with van der Waals surface area (Å²) >= 11 is 0. The Balaban J connectivity index is 1.20. The van der Waals surface area contributed by atoms with E-state index in [0.29, 0.717) is 0 Å². The summed E-state index contributed by atoms with van der Waals surface area (Å²) in [6.45, 7) is 3.92. The summed E-state index contributed by atoms with van der Waals surface area (Å²) < 4.78 is 2.01. The second-order valence-electron chi connectivity index (χ2n) is 10.4. The Bertz CT molecular complexity index is 1730. The van der Waals surface area contributed by atoms with Crippen molar-refractivity contribution >= 4 is 21.8 Å². The number of pyridine rings is 2. The van der Waals surface area contributed by atoms with Gasteiger partial charge in [-0.25, -0.2) is 4.98 Å². The lowest BCUT2D eigenvalue weighted by Crippen LogP contribution is -2.20. The van der Waals surface area contributed by atoms with Gasteiger partial charge in [0.05, 0.1) is 46.8 Å². The summed E-state index contributed by atoms with van der Waals surface area (Å²) in [7, 11) is 0. The zero-order chi connectivity index (χ0) is 25.5. The highest BCUT2D eigenvalue weighted by molar-refractivity contribution is 5.99. The molecule has 0 amide bonds. The molecule has 0 atom stereocenters. The molecule has 5 heterocycles. The van der Waals surface area contributed by atoms with Crippen LogP contribution in [0.5, 0.6) is 0 Å². The van der Waals surface area contributed by atoms with Crippen LogP contribution in [0.25, 0.3) is 50.0 Å².